The summed E-state index contributed by atoms with van der Waals surface area (Å²) in [6, 6.07) is 5.14. The Morgan fingerprint density at radius 1 is 1.61 bits per heavy atom. The van der Waals surface area contributed by atoms with E-state index in [-0.39, 0.29) is 11.9 Å². The monoisotopic (exact) mass is 314 g/mol. The van der Waals surface area contributed by atoms with Crippen LogP contribution in [0.15, 0.2) is 22.7 Å². The van der Waals surface area contributed by atoms with Gasteiger partial charge in [-0.25, -0.2) is 0 Å². The molecule has 1 aromatic carbocycles. The molecular weight excluding hydrogens is 300 g/mol. The van der Waals surface area contributed by atoms with Gasteiger partial charge in [0, 0.05) is 11.0 Å². The van der Waals surface area contributed by atoms with Gasteiger partial charge in [0.05, 0.1) is 26.0 Å². The second-order valence-corrected chi connectivity index (χ2v) is 4.83. The smallest absolute Gasteiger partial charge is 0.244 e. The summed E-state index contributed by atoms with van der Waals surface area (Å²) in [6.07, 6.45) is 0. The van der Waals surface area contributed by atoms with Crippen LogP contribution in [-0.4, -0.2) is 38.8 Å². The normalized spacial score (nSPS) is 19.3. The minimum absolute atomic E-state index is 0.119. The third-order valence-electron chi connectivity index (χ3n) is 2.66. The van der Waals surface area contributed by atoms with Crippen molar-refractivity contribution in [3.8, 4) is 5.75 Å². The predicted octanol–water partition coefficient (Wildman–Crippen LogP) is 1.38. The highest BCUT2D eigenvalue weighted by Gasteiger charge is 2.22. The Labute approximate surface area is 114 Å². The summed E-state index contributed by atoms with van der Waals surface area (Å²) in [5, 5.41) is 5.94. The molecule has 1 heterocycles. The Morgan fingerprint density at radius 3 is 3.11 bits per heavy atom. The van der Waals surface area contributed by atoms with Crippen LogP contribution in [0.4, 0.5) is 5.69 Å². The molecule has 0 aromatic heterocycles. The SMILES string of the molecule is COc1ccc(Br)cc1NC(=O)C1COCCN1. The van der Waals surface area contributed by atoms with E-state index in [9.17, 15) is 4.79 Å². The minimum Gasteiger partial charge on any atom is -0.495 e. The van der Waals surface area contributed by atoms with Gasteiger partial charge in [-0.15, -0.1) is 0 Å². The number of methoxy groups -OCH3 is 1. The number of hydrogen-bond acceptors (Lipinski definition) is 4. The van der Waals surface area contributed by atoms with E-state index < -0.39 is 0 Å². The maximum atomic E-state index is 12.0. The maximum absolute atomic E-state index is 12.0. The van der Waals surface area contributed by atoms with Crippen molar-refractivity contribution in [2.45, 2.75) is 6.04 Å². The molecule has 1 atom stereocenters. The molecule has 1 aliphatic rings. The second kappa shape index (κ2) is 6.17. The van der Waals surface area contributed by atoms with E-state index >= 15 is 0 Å². The first-order valence-electron chi connectivity index (χ1n) is 5.66. The first-order valence-corrected chi connectivity index (χ1v) is 6.45. The van der Waals surface area contributed by atoms with Gasteiger partial charge >= 0.3 is 0 Å². The number of halogens is 1. The highest BCUT2D eigenvalue weighted by atomic mass is 79.9. The van der Waals surface area contributed by atoms with Gasteiger partial charge in [-0.2, -0.15) is 0 Å². The zero-order valence-electron chi connectivity index (χ0n) is 10.0. The number of rotatable bonds is 3. The fraction of sp³-hybridized carbons (Fsp3) is 0.417. The number of morpholine rings is 1. The highest BCUT2D eigenvalue weighted by Crippen LogP contribution is 2.27. The number of carbonyl (C=O) groups is 1. The summed E-state index contributed by atoms with van der Waals surface area (Å²) in [6.45, 7) is 1.72. The minimum atomic E-state index is -0.317. The van der Waals surface area contributed by atoms with E-state index in [1.807, 2.05) is 6.07 Å². The molecule has 1 aliphatic heterocycles. The summed E-state index contributed by atoms with van der Waals surface area (Å²) >= 11 is 3.36. The Balaban J connectivity index is 2.07. The average molecular weight is 315 g/mol. The van der Waals surface area contributed by atoms with Crippen LogP contribution in [0.25, 0.3) is 0 Å². The molecule has 18 heavy (non-hydrogen) atoms. The molecule has 1 saturated heterocycles. The molecule has 0 bridgehead atoms. The number of nitrogens with one attached hydrogen (secondary N) is 2. The lowest BCUT2D eigenvalue weighted by Gasteiger charge is -2.23. The fourth-order valence-corrected chi connectivity index (χ4v) is 2.09. The first kappa shape index (κ1) is 13.3. The summed E-state index contributed by atoms with van der Waals surface area (Å²) in [5.41, 5.74) is 0.643. The van der Waals surface area contributed by atoms with E-state index in [1.165, 1.54) is 0 Å². The number of carbonyl (C=O) groups excluding carboxylic acids is 1. The number of hydrogen-bond donors (Lipinski definition) is 2. The molecule has 6 heteroatoms. The molecule has 1 aromatic rings. The molecule has 5 nitrogen and oxygen atoms in total. The fourth-order valence-electron chi connectivity index (χ4n) is 1.73. The van der Waals surface area contributed by atoms with Crippen molar-refractivity contribution in [1.82, 2.24) is 5.32 Å². The van der Waals surface area contributed by atoms with E-state index in [2.05, 4.69) is 26.6 Å². The highest BCUT2D eigenvalue weighted by molar-refractivity contribution is 9.10. The van der Waals surface area contributed by atoms with Crippen molar-refractivity contribution in [2.24, 2.45) is 0 Å². The van der Waals surface area contributed by atoms with Crippen LogP contribution in [0.2, 0.25) is 0 Å². The predicted molar refractivity (Wildman–Crippen MR) is 71.9 cm³/mol. The number of amides is 1. The van der Waals surface area contributed by atoms with Crippen LogP contribution in [0.5, 0.6) is 5.75 Å². The summed E-state index contributed by atoms with van der Waals surface area (Å²) in [4.78, 5) is 12.0. The van der Waals surface area contributed by atoms with Gasteiger partial charge in [-0.3, -0.25) is 4.79 Å². The van der Waals surface area contributed by atoms with E-state index in [0.29, 0.717) is 31.2 Å². The van der Waals surface area contributed by atoms with Gasteiger partial charge in [-0.1, -0.05) is 15.9 Å². The van der Waals surface area contributed by atoms with E-state index in [0.717, 1.165) is 4.47 Å². The zero-order chi connectivity index (χ0) is 13.0. The summed E-state index contributed by atoms with van der Waals surface area (Å²) < 4.78 is 11.3. The van der Waals surface area contributed by atoms with E-state index in [1.54, 1.807) is 19.2 Å². The van der Waals surface area contributed by atoms with Crippen LogP contribution in [-0.2, 0) is 9.53 Å². The molecule has 0 aliphatic carbocycles. The summed E-state index contributed by atoms with van der Waals surface area (Å²) in [5.74, 6) is 0.509. The lowest BCUT2D eigenvalue weighted by Crippen LogP contribution is -2.48. The second-order valence-electron chi connectivity index (χ2n) is 3.92. The molecule has 2 N–H and O–H groups in total. The molecule has 98 valence electrons. The largest absolute Gasteiger partial charge is 0.495 e. The van der Waals surface area contributed by atoms with Gasteiger partial charge in [-0.05, 0) is 18.2 Å². The molecule has 1 fully saturated rings. The van der Waals surface area contributed by atoms with Gasteiger partial charge in [0.1, 0.15) is 11.8 Å². The molecule has 0 spiro atoms. The van der Waals surface area contributed by atoms with Crippen LogP contribution < -0.4 is 15.4 Å². The zero-order valence-corrected chi connectivity index (χ0v) is 11.6. The number of ether oxygens (including phenoxy) is 2. The Hall–Kier alpha value is -1.11. The average Bonchev–Trinajstić information content (AvgIpc) is 2.40. The topological polar surface area (TPSA) is 59.6 Å². The molecule has 1 amide bonds. The lowest BCUT2D eigenvalue weighted by molar-refractivity contribution is -0.120. The number of benzene rings is 1. The van der Waals surface area contributed by atoms with Crippen molar-refractivity contribution in [1.29, 1.82) is 0 Å². The van der Waals surface area contributed by atoms with Gasteiger partial charge in [0.25, 0.3) is 0 Å². The van der Waals surface area contributed by atoms with Crippen molar-refractivity contribution >= 4 is 27.5 Å². The van der Waals surface area contributed by atoms with Crippen molar-refractivity contribution in [3.05, 3.63) is 22.7 Å². The van der Waals surface area contributed by atoms with Crippen molar-refractivity contribution in [3.63, 3.8) is 0 Å². The van der Waals surface area contributed by atoms with Crippen LogP contribution in [0.3, 0.4) is 0 Å². The Morgan fingerprint density at radius 2 is 2.44 bits per heavy atom. The maximum Gasteiger partial charge on any atom is 0.244 e. The van der Waals surface area contributed by atoms with Crippen LogP contribution in [0, 0.1) is 0 Å². The molecule has 1 unspecified atom stereocenters. The lowest BCUT2D eigenvalue weighted by atomic mass is 10.2. The quantitative estimate of drug-likeness (QED) is 0.885. The van der Waals surface area contributed by atoms with Crippen LogP contribution >= 0.6 is 15.9 Å². The molecular formula is C12H15BrN2O3. The Bertz CT molecular complexity index is 433. The first-order chi connectivity index (χ1) is 8.70. The van der Waals surface area contributed by atoms with Gasteiger partial charge in [0.2, 0.25) is 5.91 Å². The Kier molecular flexibility index (Phi) is 4.57. The molecule has 0 radical (unpaired) electrons. The number of anilines is 1. The van der Waals surface area contributed by atoms with Crippen molar-refractivity contribution in [2.75, 3.05) is 32.2 Å². The molecule has 0 saturated carbocycles. The third kappa shape index (κ3) is 3.22. The standard InChI is InChI=1S/C12H15BrN2O3/c1-17-11-3-2-8(13)6-9(11)15-12(16)10-7-18-5-4-14-10/h2-3,6,10,14H,4-5,7H2,1H3,(H,15,16). The third-order valence-corrected chi connectivity index (χ3v) is 3.15. The van der Waals surface area contributed by atoms with Gasteiger partial charge < -0.3 is 20.1 Å². The van der Waals surface area contributed by atoms with E-state index in [4.69, 9.17) is 9.47 Å². The van der Waals surface area contributed by atoms with Gasteiger partial charge in [0.15, 0.2) is 0 Å². The van der Waals surface area contributed by atoms with Crippen molar-refractivity contribution < 1.29 is 14.3 Å². The molecule has 2 rings (SSSR count). The summed E-state index contributed by atoms with van der Waals surface area (Å²) in [7, 11) is 1.57. The van der Waals surface area contributed by atoms with Crippen LogP contribution in [0.1, 0.15) is 0 Å².